The quantitative estimate of drug-likeness (QED) is 0.706. The van der Waals surface area contributed by atoms with Crippen molar-refractivity contribution in [1.82, 2.24) is 19.7 Å². The van der Waals surface area contributed by atoms with Gasteiger partial charge in [0, 0.05) is 43.1 Å². The topological polar surface area (TPSA) is 71.3 Å². The van der Waals surface area contributed by atoms with Crippen molar-refractivity contribution in [3.05, 3.63) is 52.3 Å². The maximum Gasteiger partial charge on any atom is 0.244 e. The summed E-state index contributed by atoms with van der Waals surface area (Å²) in [7, 11) is 0. The summed E-state index contributed by atoms with van der Waals surface area (Å²) in [5.41, 5.74) is 0.557. The number of anilines is 1. The summed E-state index contributed by atoms with van der Waals surface area (Å²) < 4.78 is 1.60. The number of piperazine rings is 1. The smallest absolute Gasteiger partial charge is 0.244 e. The van der Waals surface area contributed by atoms with E-state index in [0.717, 1.165) is 18.2 Å². The molecule has 0 spiro atoms. The Labute approximate surface area is 148 Å². The second-order valence-electron chi connectivity index (χ2n) is 5.87. The van der Waals surface area contributed by atoms with Crippen LogP contribution in [0.3, 0.4) is 0 Å². The molecular formula is C17H17N5O2S. The predicted octanol–water partition coefficient (Wildman–Crippen LogP) is 1.20. The highest BCUT2D eigenvalue weighted by Crippen LogP contribution is 2.19. The number of thiazole rings is 1. The Kier molecular flexibility index (Phi) is 4.19. The van der Waals surface area contributed by atoms with Crippen LogP contribution in [0.1, 0.15) is 0 Å². The van der Waals surface area contributed by atoms with Crippen molar-refractivity contribution in [3.8, 4) is 0 Å². The molecule has 1 fully saturated rings. The zero-order chi connectivity index (χ0) is 17.2. The van der Waals surface area contributed by atoms with Crippen molar-refractivity contribution >= 4 is 33.3 Å². The van der Waals surface area contributed by atoms with Crippen LogP contribution in [0.25, 0.3) is 10.9 Å². The van der Waals surface area contributed by atoms with E-state index < -0.39 is 0 Å². The van der Waals surface area contributed by atoms with Gasteiger partial charge < -0.3 is 9.80 Å². The fourth-order valence-electron chi connectivity index (χ4n) is 3.03. The Morgan fingerprint density at radius 1 is 1.16 bits per heavy atom. The van der Waals surface area contributed by atoms with E-state index in [1.165, 1.54) is 6.20 Å². The van der Waals surface area contributed by atoms with Gasteiger partial charge in [-0.2, -0.15) is 5.10 Å². The van der Waals surface area contributed by atoms with Crippen molar-refractivity contribution in [2.75, 3.05) is 31.1 Å². The number of rotatable bonds is 3. The molecule has 0 aliphatic carbocycles. The number of para-hydroxylation sites is 1. The first kappa shape index (κ1) is 15.8. The van der Waals surface area contributed by atoms with E-state index in [2.05, 4.69) is 15.0 Å². The van der Waals surface area contributed by atoms with Gasteiger partial charge in [0.25, 0.3) is 0 Å². The van der Waals surface area contributed by atoms with E-state index in [-0.39, 0.29) is 17.9 Å². The SMILES string of the molecule is O=C(Cn1ncc(=O)c2ccccc21)N1CCN(c2nccs2)CC1. The lowest BCUT2D eigenvalue weighted by Crippen LogP contribution is -2.49. The highest BCUT2D eigenvalue weighted by molar-refractivity contribution is 7.13. The molecule has 3 heterocycles. The number of hydrogen-bond acceptors (Lipinski definition) is 6. The lowest BCUT2D eigenvalue weighted by molar-refractivity contribution is -0.132. The summed E-state index contributed by atoms with van der Waals surface area (Å²) >= 11 is 1.61. The van der Waals surface area contributed by atoms with Gasteiger partial charge in [-0.15, -0.1) is 11.3 Å². The summed E-state index contributed by atoms with van der Waals surface area (Å²) in [6.45, 7) is 3.01. The fraction of sp³-hybridized carbons (Fsp3) is 0.294. The molecule has 128 valence electrons. The summed E-state index contributed by atoms with van der Waals surface area (Å²) in [5.74, 6) is 0.0140. The van der Waals surface area contributed by atoms with Gasteiger partial charge >= 0.3 is 0 Å². The molecule has 3 aromatic rings. The first-order valence-corrected chi connectivity index (χ1v) is 8.97. The Morgan fingerprint density at radius 2 is 1.96 bits per heavy atom. The molecule has 1 amide bonds. The number of fused-ring (bicyclic) bond motifs is 1. The Bertz CT molecular complexity index is 945. The molecule has 1 aromatic carbocycles. The number of carbonyl (C=O) groups is 1. The van der Waals surface area contributed by atoms with Gasteiger partial charge in [-0.25, -0.2) is 4.98 Å². The number of amides is 1. The van der Waals surface area contributed by atoms with Crippen molar-refractivity contribution < 1.29 is 4.79 Å². The molecule has 25 heavy (non-hydrogen) atoms. The molecule has 0 unspecified atom stereocenters. The number of hydrogen-bond donors (Lipinski definition) is 0. The van der Waals surface area contributed by atoms with Crippen molar-refractivity contribution in [2.45, 2.75) is 6.54 Å². The highest BCUT2D eigenvalue weighted by Gasteiger charge is 2.22. The molecule has 7 nitrogen and oxygen atoms in total. The lowest BCUT2D eigenvalue weighted by atomic mass is 10.2. The van der Waals surface area contributed by atoms with E-state index >= 15 is 0 Å². The number of benzene rings is 1. The monoisotopic (exact) mass is 355 g/mol. The molecular weight excluding hydrogens is 338 g/mol. The summed E-state index contributed by atoms with van der Waals surface area (Å²) in [5, 5.41) is 7.68. The standard InChI is InChI=1S/C17H17N5O2S/c23-15-11-19-22(14-4-2-1-3-13(14)15)12-16(24)20-6-8-21(9-7-20)17-18-5-10-25-17/h1-5,10-11H,6-9,12H2. The maximum atomic E-state index is 12.6. The van der Waals surface area contributed by atoms with Crippen LogP contribution in [-0.2, 0) is 11.3 Å². The van der Waals surface area contributed by atoms with E-state index in [1.54, 1.807) is 28.3 Å². The first-order valence-electron chi connectivity index (χ1n) is 8.09. The average Bonchev–Trinajstić information content (AvgIpc) is 3.19. The molecule has 1 saturated heterocycles. The third kappa shape index (κ3) is 3.12. The van der Waals surface area contributed by atoms with E-state index in [4.69, 9.17) is 0 Å². The zero-order valence-electron chi connectivity index (χ0n) is 13.5. The Morgan fingerprint density at radius 3 is 2.72 bits per heavy atom. The highest BCUT2D eigenvalue weighted by atomic mass is 32.1. The zero-order valence-corrected chi connectivity index (χ0v) is 14.4. The molecule has 2 aromatic heterocycles. The second-order valence-corrected chi connectivity index (χ2v) is 6.74. The number of aromatic nitrogens is 3. The molecule has 1 aliphatic rings. The lowest BCUT2D eigenvalue weighted by Gasteiger charge is -2.34. The maximum absolute atomic E-state index is 12.6. The molecule has 1 aliphatic heterocycles. The predicted molar refractivity (Wildman–Crippen MR) is 96.9 cm³/mol. The largest absolute Gasteiger partial charge is 0.345 e. The fourth-order valence-corrected chi connectivity index (χ4v) is 3.73. The third-order valence-corrected chi connectivity index (χ3v) is 5.20. The van der Waals surface area contributed by atoms with Crippen LogP contribution in [0, 0.1) is 0 Å². The van der Waals surface area contributed by atoms with Crippen LogP contribution in [0.15, 0.2) is 46.8 Å². The van der Waals surface area contributed by atoms with Gasteiger partial charge in [-0.1, -0.05) is 12.1 Å². The van der Waals surface area contributed by atoms with Crippen LogP contribution < -0.4 is 10.3 Å². The van der Waals surface area contributed by atoms with Crippen LogP contribution in [0.2, 0.25) is 0 Å². The van der Waals surface area contributed by atoms with E-state index in [1.807, 2.05) is 28.5 Å². The van der Waals surface area contributed by atoms with Gasteiger partial charge in [0.2, 0.25) is 11.3 Å². The summed E-state index contributed by atoms with van der Waals surface area (Å²) in [6.07, 6.45) is 3.07. The van der Waals surface area contributed by atoms with Crippen LogP contribution in [0.5, 0.6) is 0 Å². The van der Waals surface area contributed by atoms with Gasteiger partial charge in [-0.05, 0) is 12.1 Å². The minimum atomic E-state index is -0.128. The van der Waals surface area contributed by atoms with Crippen molar-refractivity contribution in [2.24, 2.45) is 0 Å². The average molecular weight is 355 g/mol. The molecule has 0 atom stereocenters. The van der Waals surface area contributed by atoms with Gasteiger partial charge in [-0.3, -0.25) is 14.3 Å². The molecule has 8 heteroatoms. The van der Waals surface area contributed by atoms with Crippen LogP contribution >= 0.6 is 11.3 Å². The summed E-state index contributed by atoms with van der Waals surface area (Å²) in [4.78, 5) is 32.9. The van der Waals surface area contributed by atoms with Crippen LogP contribution in [-0.4, -0.2) is 51.8 Å². The van der Waals surface area contributed by atoms with Gasteiger partial charge in [0.1, 0.15) is 6.54 Å². The summed E-state index contributed by atoms with van der Waals surface area (Å²) in [6, 6.07) is 7.23. The third-order valence-electron chi connectivity index (χ3n) is 4.37. The van der Waals surface area contributed by atoms with Crippen molar-refractivity contribution in [1.29, 1.82) is 0 Å². The molecule has 0 radical (unpaired) electrons. The Balaban J connectivity index is 1.47. The molecule has 0 saturated carbocycles. The van der Waals surface area contributed by atoms with Crippen molar-refractivity contribution in [3.63, 3.8) is 0 Å². The molecule has 0 bridgehead atoms. The number of carbonyl (C=O) groups excluding carboxylic acids is 1. The first-order chi connectivity index (χ1) is 12.2. The van der Waals surface area contributed by atoms with E-state index in [0.29, 0.717) is 24.0 Å². The Hall–Kier alpha value is -2.74. The number of nitrogens with zero attached hydrogens (tertiary/aromatic N) is 5. The normalized spacial score (nSPS) is 14.9. The van der Waals surface area contributed by atoms with Gasteiger partial charge in [0.15, 0.2) is 5.13 Å². The minimum Gasteiger partial charge on any atom is -0.345 e. The molecule has 4 rings (SSSR count). The van der Waals surface area contributed by atoms with E-state index in [9.17, 15) is 9.59 Å². The molecule has 0 N–H and O–H groups in total. The second kappa shape index (κ2) is 6.64. The van der Waals surface area contributed by atoms with Gasteiger partial charge in [0.05, 0.1) is 11.7 Å². The van der Waals surface area contributed by atoms with Crippen LogP contribution in [0.4, 0.5) is 5.13 Å². The minimum absolute atomic E-state index is 0.0140.